The van der Waals surface area contributed by atoms with E-state index >= 15 is 0 Å². The second-order valence-corrected chi connectivity index (χ2v) is 3.79. The summed E-state index contributed by atoms with van der Waals surface area (Å²) in [6, 6.07) is 0.831. The summed E-state index contributed by atoms with van der Waals surface area (Å²) in [6.45, 7) is 4.69. The molecule has 2 fully saturated rings. The number of methoxy groups -OCH3 is 1. The van der Waals surface area contributed by atoms with Crippen molar-refractivity contribution in [3.8, 4) is 0 Å². The average Bonchev–Trinajstić information content (AvgIpc) is 2.04. The van der Waals surface area contributed by atoms with Crippen molar-refractivity contribution in [2.75, 3.05) is 33.3 Å². The Morgan fingerprint density at radius 2 is 1.92 bits per heavy atom. The molecule has 0 atom stereocenters. The highest BCUT2D eigenvalue weighted by molar-refractivity contribution is 4.88. The Morgan fingerprint density at radius 3 is 2.50 bits per heavy atom. The van der Waals surface area contributed by atoms with E-state index in [1.807, 2.05) is 7.11 Å². The molecule has 2 aliphatic heterocycles. The van der Waals surface area contributed by atoms with Gasteiger partial charge in [0.2, 0.25) is 0 Å². The Morgan fingerprint density at radius 1 is 1.25 bits per heavy atom. The third-order valence-electron chi connectivity index (χ3n) is 3.03. The number of ether oxygens (including phenoxy) is 1. The van der Waals surface area contributed by atoms with Crippen LogP contribution in [-0.2, 0) is 4.74 Å². The van der Waals surface area contributed by atoms with Gasteiger partial charge in [-0.15, -0.1) is 0 Å². The van der Waals surface area contributed by atoms with Crippen LogP contribution >= 0.6 is 0 Å². The van der Waals surface area contributed by atoms with Crippen LogP contribution in [0, 0.1) is 0 Å². The maximum absolute atomic E-state index is 5.25. The molecule has 0 aromatic rings. The van der Waals surface area contributed by atoms with Gasteiger partial charge in [0.25, 0.3) is 0 Å². The molecule has 0 aromatic heterocycles. The quantitative estimate of drug-likeness (QED) is 0.634. The van der Waals surface area contributed by atoms with E-state index in [2.05, 4.69) is 10.2 Å². The van der Waals surface area contributed by atoms with Crippen molar-refractivity contribution in [1.29, 1.82) is 0 Å². The standard InChI is InChI=1S/C9H18N2O/c1-12-9-6-11(7-9)8-2-4-10-5-3-8/h8-10H,2-7H2,1H3. The zero-order valence-corrected chi connectivity index (χ0v) is 7.75. The minimum atomic E-state index is 0.514. The average molecular weight is 170 g/mol. The van der Waals surface area contributed by atoms with Crippen LogP contribution in [-0.4, -0.2) is 50.3 Å². The van der Waals surface area contributed by atoms with Crippen molar-refractivity contribution in [3.05, 3.63) is 0 Å². The molecule has 0 bridgehead atoms. The van der Waals surface area contributed by atoms with Crippen LogP contribution in [0.5, 0.6) is 0 Å². The number of piperidine rings is 1. The number of nitrogens with zero attached hydrogens (tertiary/aromatic N) is 1. The molecule has 2 saturated heterocycles. The molecule has 0 amide bonds. The monoisotopic (exact) mass is 170 g/mol. The number of likely N-dealkylation sites (tertiary alicyclic amines) is 1. The van der Waals surface area contributed by atoms with Gasteiger partial charge in [-0.3, -0.25) is 4.90 Å². The van der Waals surface area contributed by atoms with Crippen molar-refractivity contribution in [2.45, 2.75) is 25.0 Å². The van der Waals surface area contributed by atoms with E-state index in [0.29, 0.717) is 6.10 Å². The number of nitrogens with one attached hydrogen (secondary N) is 1. The summed E-state index contributed by atoms with van der Waals surface area (Å²) in [5.41, 5.74) is 0. The molecule has 0 unspecified atom stereocenters. The molecule has 2 heterocycles. The second kappa shape index (κ2) is 3.73. The number of hydrogen-bond acceptors (Lipinski definition) is 3. The van der Waals surface area contributed by atoms with Crippen molar-refractivity contribution in [2.24, 2.45) is 0 Å². The van der Waals surface area contributed by atoms with E-state index in [-0.39, 0.29) is 0 Å². The van der Waals surface area contributed by atoms with Gasteiger partial charge in [-0.25, -0.2) is 0 Å². The predicted octanol–water partition coefficient (Wildman–Crippen LogP) is 0.0690. The first-order valence-electron chi connectivity index (χ1n) is 4.87. The Balaban J connectivity index is 1.72. The van der Waals surface area contributed by atoms with Crippen molar-refractivity contribution >= 4 is 0 Å². The normalized spacial score (nSPS) is 28.8. The lowest BCUT2D eigenvalue weighted by molar-refractivity contribution is -0.0557. The van der Waals surface area contributed by atoms with E-state index in [0.717, 1.165) is 19.1 Å². The van der Waals surface area contributed by atoms with E-state index < -0.39 is 0 Å². The van der Waals surface area contributed by atoms with Crippen LogP contribution in [0.25, 0.3) is 0 Å². The lowest BCUT2D eigenvalue weighted by Gasteiger charge is -2.44. The van der Waals surface area contributed by atoms with Crippen LogP contribution in [0.2, 0.25) is 0 Å². The van der Waals surface area contributed by atoms with Gasteiger partial charge >= 0.3 is 0 Å². The Labute approximate surface area is 74.1 Å². The first kappa shape index (κ1) is 8.48. The molecule has 2 aliphatic rings. The third-order valence-corrected chi connectivity index (χ3v) is 3.03. The molecule has 70 valence electrons. The molecule has 2 rings (SSSR count). The Kier molecular flexibility index (Phi) is 2.63. The van der Waals surface area contributed by atoms with Gasteiger partial charge in [0.15, 0.2) is 0 Å². The lowest BCUT2D eigenvalue weighted by atomic mass is 10.00. The fourth-order valence-corrected chi connectivity index (χ4v) is 2.09. The van der Waals surface area contributed by atoms with Crippen molar-refractivity contribution in [1.82, 2.24) is 10.2 Å². The van der Waals surface area contributed by atoms with Crippen molar-refractivity contribution < 1.29 is 4.74 Å². The first-order chi connectivity index (χ1) is 5.90. The zero-order valence-electron chi connectivity index (χ0n) is 7.75. The summed E-state index contributed by atoms with van der Waals surface area (Å²) < 4.78 is 5.25. The first-order valence-corrected chi connectivity index (χ1v) is 4.87. The molecule has 0 radical (unpaired) electrons. The van der Waals surface area contributed by atoms with Crippen molar-refractivity contribution in [3.63, 3.8) is 0 Å². The third kappa shape index (κ3) is 1.63. The summed E-state index contributed by atoms with van der Waals surface area (Å²) in [5, 5.41) is 3.39. The summed E-state index contributed by atoms with van der Waals surface area (Å²) in [7, 11) is 1.81. The van der Waals surface area contributed by atoms with E-state index in [4.69, 9.17) is 4.74 Å². The summed E-state index contributed by atoms with van der Waals surface area (Å²) in [5.74, 6) is 0. The lowest BCUT2D eigenvalue weighted by Crippen LogP contribution is -2.58. The molecule has 0 aromatic carbocycles. The molecular formula is C9H18N2O. The highest BCUT2D eigenvalue weighted by Crippen LogP contribution is 2.20. The molecule has 12 heavy (non-hydrogen) atoms. The molecule has 3 nitrogen and oxygen atoms in total. The SMILES string of the molecule is COC1CN(C2CCNCC2)C1. The number of rotatable bonds is 2. The molecule has 0 aliphatic carbocycles. The zero-order chi connectivity index (χ0) is 8.39. The minimum absolute atomic E-state index is 0.514. The van der Waals surface area contributed by atoms with Gasteiger partial charge in [-0.2, -0.15) is 0 Å². The van der Waals surface area contributed by atoms with E-state index in [1.165, 1.54) is 25.9 Å². The van der Waals surface area contributed by atoms with Gasteiger partial charge in [0, 0.05) is 26.2 Å². The maximum Gasteiger partial charge on any atom is 0.0825 e. The van der Waals surface area contributed by atoms with Crippen LogP contribution in [0.1, 0.15) is 12.8 Å². The molecule has 1 N–H and O–H groups in total. The summed E-state index contributed by atoms with van der Waals surface area (Å²) in [6.07, 6.45) is 3.15. The molecule has 3 heteroatoms. The van der Waals surface area contributed by atoms with Crippen LogP contribution < -0.4 is 5.32 Å². The topological polar surface area (TPSA) is 24.5 Å². The van der Waals surface area contributed by atoms with Gasteiger partial charge in [0.1, 0.15) is 0 Å². The van der Waals surface area contributed by atoms with Crippen LogP contribution in [0.15, 0.2) is 0 Å². The smallest absolute Gasteiger partial charge is 0.0825 e. The fourth-order valence-electron chi connectivity index (χ4n) is 2.09. The molecular weight excluding hydrogens is 152 g/mol. The second-order valence-electron chi connectivity index (χ2n) is 3.79. The maximum atomic E-state index is 5.25. The highest BCUT2D eigenvalue weighted by atomic mass is 16.5. The predicted molar refractivity (Wildman–Crippen MR) is 48.3 cm³/mol. The Bertz CT molecular complexity index is 139. The fraction of sp³-hybridized carbons (Fsp3) is 1.00. The Hall–Kier alpha value is -0.120. The highest BCUT2D eigenvalue weighted by Gasteiger charge is 2.32. The largest absolute Gasteiger partial charge is 0.379 e. The van der Waals surface area contributed by atoms with Crippen LogP contribution in [0.3, 0.4) is 0 Å². The van der Waals surface area contributed by atoms with E-state index in [9.17, 15) is 0 Å². The summed E-state index contributed by atoms with van der Waals surface area (Å²) >= 11 is 0. The van der Waals surface area contributed by atoms with Gasteiger partial charge in [-0.05, 0) is 25.9 Å². The van der Waals surface area contributed by atoms with Crippen LogP contribution in [0.4, 0.5) is 0 Å². The molecule has 0 spiro atoms. The van der Waals surface area contributed by atoms with Gasteiger partial charge < -0.3 is 10.1 Å². The van der Waals surface area contributed by atoms with Gasteiger partial charge in [-0.1, -0.05) is 0 Å². The number of hydrogen-bond donors (Lipinski definition) is 1. The summed E-state index contributed by atoms with van der Waals surface area (Å²) in [4.78, 5) is 2.55. The van der Waals surface area contributed by atoms with E-state index in [1.54, 1.807) is 0 Å². The minimum Gasteiger partial charge on any atom is -0.379 e. The molecule has 0 saturated carbocycles. The van der Waals surface area contributed by atoms with Gasteiger partial charge in [0.05, 0.1) is 6.10 Å².